The Morgan fingerprint density at radius 1 is 1.00 bits per heavy atom. The van der Waals surface area contributed by atoms with Gasteiger partial charge in [-0.05, 0) is 33.0 Å². The summed E-state index contributed by atoms with van der Waals surface area (Å²) in [5.41, 5.74) is 0. The van der Waals surface area contributed by atoms with Gasteiger partial charge in [-0.3, -0.25) is 0 Å². The molecule has 0 radical (unpaired) electrons. The highest BCUT2D eigenvalue weighted by atomic mass is 16.5. The predicted octanol–water partition coefficient (Wildman–Crippen LogP) is 0.350. The van der Waals surface area contributed by atoms with Crippen molar-refractivity contribution in [2.45, 2.75) is 18.9 Å². The molecule has 0 aliphatic carbocycles. The second-order valence-electron chi connectivity index (χ2n) is 4.68. The van der Waals surface area contributed by atoms with E-state index in [1.165, 1.54) is 12.8 Å². The monoisotopic (exact) mass is 260 g/mol. The lowest BCUT2D eigenvalue weighted by Crippen LogP contribution is -2.42. The van der Waals surface area contributed by atoms with Gasteiger partial charge in [0.25, 0.3) is 0 Å². The van der Waals surface area contributed by atoms with Crippen molar-refractivity contribution in [2.24, 2.45) is 0 Å². The lowest BCUT2D eigenvalue weighted by molar-refractivity contribution is 0.0177. The minimum absolute atomic E-state index is 0.648. The lowest BCUT2D eigenvalue weighted by Gasteiger charge is -2.31. The summed E-state index contributed by atoms with van der Waals surface area (Å²) in [5, 5.41) is 3.39. The Morgan fingerprint density at radius 2 is 1.61 bits per heavy atom. The maximum atomic E-state index is 5.55. The van der Waals surface area contributed by atoms with Crippen LogP contribution in [-0.4, -0.2) is 77.8 Å². The van der Waals surface area contributed by atoms with E-state index in [0.717, 1.165) is 26.2 Å². The third-order valence-corrected chi connectivity index (χ3v) is 3.32. The van der Waals surface area contributed by atoms with Crippen molar-refractivity contribution >= 4 is 0 Å². The first-order valence-corrected chi connectivity index (χ1v) is 6.90. The molecule has 0 aromatic rings. The zero-order chi connectivity index (χ0) is 13.1. The Hall–Kier alpha value is -0.200. The van der Waals surface area contributed by atoms with Crippen LogP contribution in [0.1, 0.15) is 12.8 Å². The smallest absolute Gasteiger partial charge is 0.0701 e. The first-order chi connectivity index (χ1) is 8.84. The van der Waals surface area contributed by atoms with Crippen molar-refractivity contribution in [2.75, 3.05) is 66.8 Å². The standard InChI is InChI=1S/C13H28N2O3/c1-15(13-3-5-14-6-4-13)7-8-17-11-12-18-10-9-16-2/h13-14H,3-12H2,1-2H3. The highest BCUT2D eigenvalue weighted by Gasteiger charge is 2.16. The molecular formula is C13H28N2O3. The highest BCUT2D eigenvalue weighted by molar-refractivity contribution is 4.75. The van der Waals surface area contributed by atoms with E-state index in [0.29, 0.717) is 32.5 Å². The molecule has 0 unspecified atom stereocenters. The summed E-state index contributed by atoms with van der Waals surface area (Å²) in [6, 6.07) is 0.716. The molecule has 108 valence electrons. The number of nitrogens with one attached hydrogen (secondary N) is 1. The van der Waals surface area contributed by atoms with Gasteiger partial charge in [0.15, 0.2) is 0 Å². The van der Waals surface area contributed by atoms with Crippen molar-refractivity contribution in [1.82, 2.24) is 10.2 Å². The molecule has 0 amide bonds. The van der Waals surface area contributed by atoms with Gasteiger partial charge in [-0.2, -0.15) is 0 Å². The Bertz CT molecular complexity index is 187. The molecule has 5 heteroatoms. The summed E-state index contributed by atoms with van der Waals surface area (Å²) < 4.78 is 15.8. The molecule has 0 atom stereocenters. The Labute approximate surface area is 111 Å². The summed E-state index contributed by atoms with van der Waals surface area (Å²) in [6.07, 6.45) is 2.49. The lowest BCUT2D eigenvalue weighted by atomic mass is 10.1. The molecule has 1 saturated heterocycles. The van der Waals surface area contributed by atoms with Gasteiger partial charge in [0.1, 0.15) is 0 Å². The van der Waals surface area contributed by atoms with Gasteiger partial charge in [0.2, 0.25) is 0 Å². The third-order valence-electron chi connectivity index (χ3n) is 3.32. The Kier molecular flexibility index (Phi) is 9.42. The van der Waals surface area contributed by atoms with E-state index < -0.39 is 0 Å². The molecule has 1 fully saturated rings. The van der Waals surface area contributed by atoms with E-state index in [2.05, 4.69) is 17.3 Å². The minimum Gasteiger partial charge on any atom is -0.382 e. The van der Waals surface area contributed by atoms with Gasteiger partial charge >= 0.3 is 0 Å². The molecule has 0 aromatic heterocycles. The summed E-state index contributed by atoms with van der Waals surface area (Å²) in [6.45, 7) is 6.70. The maximum absolute atomic E-state index is 5.55. The Balaban J connectivity index is 1.87. The summed E-state index contributed by atoms with van der Waals surface area (Å²) in [5.74, 6) is 0. The van der Waals surface area contributed by atoms with Crippen LogP contribution in [0.4, 0.5) is 0 Å². The van der Waals surface area contributed by atoms with Crippen molar-refractivity contribution in [3.63, 3.8) is 0 Å². The topological polar surface area (TPSA) is 43.0 Å². The number of methoxy groups -OCH3 is 1. The third kappa shape index (κ3) is 7.28. The molecule has 0 spiro atoms. The summed E-state index contributed by atoms with van der Waals surface area (Å²) in [4.78, 5) is 2.41. The number of rotatable bonds is 10. The maximum Gasteiger partial charge on any atom is 0.0701 e. The zero-order valence-corrected chi connectivity index (χ0v) is 11.8. The number of likely N-dealkylation sites (N-methyl/N-ethyl adjacent to an activating group) is 1. The first-order valence-electron chi connectivity index (χ1n) is 6.90. The number of ether oxygens (including phenoxy) is 3. The Morgan fingerprint density at radius 3 is 2.28 bits per heavy atom. The number of nitrogens with zero attached hydrogens (tertiary/aromatic N) is 1. The van der Waals surface area contributed by atoms with Crippen LogP contribution in [0.2, 0.25) is 0 Å². The number of hydrogen-bond donors (Lipinski definition) is 1. The molecule has 1 rings (SSSR count). The fraction of sp³-hybridized carbons (Fsp3) is 1.00. The highest BCUT2D eigenvalue weighted by Crippen LogP contribution is 2.08. The van der Waals surface area contributed by atoms with Gasteiger partial charge in [-0.15, -0.1) is 0 Å². The van der Waals surface area contributed by atoms with E-state index >= 15 is 0 Å². The number of hydrogen-bond acceptors (Lipinski definition) is 5. The van der Waals surface area contributed by atoms with Crippen LogP contribution >= 0.6 is 0 Å². The normalized spacial score (nSPS) is 17.5. The van der Waals surface area contributed by atoms with Crippen LogP contribution in [-0.2, 0) is 14.2 Å². The molecule has 0 saturated carbocycles. The molecule has 1 aliphatic heterocycles. The average Bonchev–Trinajstić information content (AvgIpc) is 2.42. The van der Waals surface area contributed by atoms with E-state index in [-0.39, 0.29) is 0 Å². The van der Waals surface area contributed by atoms with Crippen LogP contribution in [0.25, 0.3) is 0 Å². The fourth-order valence-electron chi connectivity index (χ4n) is 2.10. The average molecular weight is 260 g/mol. The van der Waals surface area contributed by atoms with Crippen LogP contribution in [0, 0.1) is 0 Å². The van der Waals surface area contributed by atoms with Gasteiger partial charge in [-0.25, -0.2) is 0 Å². The van der Waals surface area contributed by atoms with Crippen molar-refractivity contribution in [3.8, 4) is 0 Å². The molecule has 0 bridgehead atoms. The quantitative estimate of drug-likeness (QED) is 0.574. The van der Waals surface area contributed by atoms with Crippen LogP contribution in [0.3, 0.4) is 0 Å². The van der Waals surface area contributed by atoms with E-state index in [4.69, 9.17) is 14.2 Å². The van der Waals surface area contributed by atoms with Gasteiger partial charge in [0, 0.05) is 19.7 Å². The van der Waals surface area contributed by atoms with Gasteiger partial charge in [0.05, 0.1) is 33.0 Å². The zero-order valence-electron chi connectivity index (χ0n) is 11.8. The molecular weight excluding hydrogens is 232 g/mol. The summed E-state index contributed by atoms with van der Waals surface area (Å²) in [7, 11) is 3.87. The van der Waals surface area contributed by atoms with Crippen molar-refractivity contribution in [1.29, 1.82) is 0 Å². The van der Waals surface area contributed by atoms with E-state index in [1.54, 1.807) is 7.11 Å². The molecule has 1 aliphatic rings. The molecule has 1 N–H and O–H groups in total. The summed E-state index contributed by atoms with van der Waals surface area (Å²) >= 11 is 0. The first kappa shape index (κ1) is 15.9. The van der Waals surface area contributed by atoms with Gasteiger partial charge in [-0.1, -0.05) is 0 Å². The van der Waals surface area contributed by atoms with Crippen molar-refractivity contribution in [3.05, 3.63) is 0 Å². The van der Waals surface area contributed by atoms with Crippen LogP contribution < -0.4 is 5.32 Å². The molecule has 0 aromatic carbocycles. The van der Waals surface area contributed by atoms with Crippen molar-refractivity contribution < 1.29 is 14.2 Å². The largest absolute Gasteiger partial charge is 0.382 e. The number of piperidine rings is 1. The fourth-order valence-corrected chi connectivity index (χ4v) is 2.10. The minimum atomic E-state index is 0.648. The van der Waals surface area contributed by atoms with E-state index in [1.807, 2.05) is 0 Å². The van der Waals surface area contributed by atoms with E-state index in [9.17, 15) is 0 Å². The van der Waals surface area contributed by atoms with Crippen LogP contribution in [0.15, 0.2) is 0 Å². The van der Waals surface area contributed by atoms with Gasteiger partial charge < -0.3 is 24.4 Å². The molecule has 1 heterocycles. The SMILES string of the molecule is COCCOCCOCCN(C)C1CCNCC1. The predicted molar refractivity (Wildman–Crippen MR) is 72.0 cm³/mol. The molecule has 18 heavy (non-hydrogen) atoms. The second-order valence-corrected chi connectivity index (χ2v) is 4.68. The van der Waals surface area contributed by atoms with Crippen LogP contribution in [0.5, 0.6) is 0 Å². The molecule has 5 nitrogen and oxygen atoms in total. The second kappa shape index (κ2) is 10.7.